The van der Waals surface area contributed by atoms with Crippen LogP contribution < -0.4 is 0 Å². The minimum absolute atomic E-state index is 0.0919. The van der Waals surface area contributed by atoms with Gasteiger partial charge in [0.15, 0.2) is 0 Å². The Morgan fingerprint density at radius 3 is 2.53 bits per heavy atom. The van der Waals surface area contributed by atoms with Gasteiger partial charge in [-0.05, 0) is 32.8 Å². The quantitative estimate of drug-likeness (QED) is 0.727. The second kappa shape index (κ2) is 4.83. The third-order valence-corrected chi connectivity index (χ3v) is 3.31. The van der Waals surface area contributed by atoms with Gasteiger partial charge in [-0.25, -0.2) is 0 Å². The Morgan fingerprint density at radius 1 is 1.29 bits per heavy atom. The summed E-state index contributed by atoms with van der Waals surface area (Å²) in [5.41, 5.74) is 1.17. The highest BCUT2D eigenvalue weighted by atomic mass is 16.6. The van der Waals surface area contributed by atoms with Crippen LogP contribution in [-0.4, -0.2) is 18.8 Å². The Hall–Kier alpha value is -0.795. The monoisotopic (exact) mass is 232 g/mol. The fourth-order valence-electron chi connectivity index (χ4n) is 2.49. The van der Waals surface area contributed by atoms with Crippen molar-refractivity contribution < 1.29 is 9.31 Å². The van der Waals surface area contributed by atoms with Crippen molar-refractivity contribution in [3.8, 4) is 0 Å². The Bertz CT molecular complexity index is 364. The van der Waals surface area contributed by atoms with E-state index in [-0.39, 0.29) is 24.6 Å². The van der Waals surface area contributed by atoms with Gasteiger partial charge in [-0.15, -0.1) is 0 Å². The minimum Gasteiger partial charge on any atom is -0.408 e. The van der Waals surface area contributed by atoms with Crippen molar-refractivity contribution in [2.24, 2.45) is 0 Å². The van der Waals surface area contributed by atoms with Crippen molar-refractivity contribution in [2.45, 2.75) is 51.6 Å². The molecule has 1 saturated heterocycles. The van der Waals surface area contributed by atoms with Gasteiger partial charge >= 0.3 is 7.12 Å². The lowest BCUT2D eigenvalue weighted by Crippen LogP contribution is -2.48. The minimum atomic E-state index is -0.142. The van der Waals surface area contributed by atoms with Crippen LogP contribution in [0.3, 0.4) is 0 Å². The van der Waals surface area contributed by atoms with Crippen LogP contribution in [0.15, 0.2) is 30.3 Å². The average Bonchev–Trinajstić information content (AvgIpc) is 2.26. The van der Waals surface area contributed by atoms with Crippen LogP contribution >= 0.6 is 0 Å². The first-order valence-electron chi connectivity index (χ1n) is 6.36. The van der Waals surface area contributed by atoms with Crippen LogP contribution in [-0.2, 0) is 9.31 Å². The Morgan fingerprint density at radius 2 is 1.94 bits per heavy atom. The molecule has 92 valence electrons. The van der Waals surface area contributed by atoms with E-state index in [1.807, 2.05) is 6.07 Å². The van der Waals surface area contributed by atoms with E-state index in [1.54, 1.807) is 0 Å². The molecule has 0 aromatic heterocycles. The lowest BCUT2D eigenvalue weighted by atomic mass is 9.67. The lowest BCUT2D eigenvalue weighted by Gasteiger charge is -2.40. The van der Waals surface area contributed by atoms with Crippen LogP contribution in [0.4, 0.5) is 0 Å². The second-order valence-corrected chi connectivity index (χ2v) is 5.60. The van der Waals surface area contributed by atoms with Gasteiger partial charge < -0.3 is 9.31 Å². The van der Waals surface area contributed by atoms with Crippen molar-refractivity contribution >= 4 is 7.12 Å². The molecule has 1 aromatic carbocycles. The van der Waals surface area contributed by atoms with Crippen LogP contribution in [0.2, 0.25) is 0 Å². The van der Waals surface area contributed by atoms with Gasteiger partial charge in [0.25, 0.3) is 0 Å². The molecule has 1 aliphatic heterocycles. The molecule has 0 radical (unpaired) electrons. The van der Waals surface area contributed by atoms with E-state index < -0.39 is 0 Å². The van der Waals surface area contributed by atoms with Crippen LogP contribution in [0, 0.1) is 0 Å². The normalized spacial score (nSPS) is 25.6. The molecule has 0 N–H and O–H groups in total. The van der Waals surface area contributed by atoms with E-state index in [0.717, 1.165) is 6.42 Å². The molecule has 0 amide bonds. The van der Waals surface area contributed by atoms with Gasteiger partial charge in [0.1, 0.15) is 0 Å². The third kappa shape index (κ3) is 3.11. The molecule has 2 atom stereocenters. The molecule has 17 heavy (non-hydrogen) atoms. The zero-order valence-electron chi connectivity index (χ0n) is 11.1. The molecule has 0 saturated carbocycles. The Labute approximate surface area is 104 Å². The fourth-order valence-corrected chi connectivity index (χ4v) is 2.49. The predicted octanol–water partition coefficient (Wildman–Crippen LogP) is 3.42. The third-order valence-electron chi connectivity index (χ3n) is 3.31. The van der Waals surface area contributed by atoms with E-state index in [2.05, 4.69) is 52.0 Å². The molecule has 2 rings (SSSR count). The maximum Gasteiger partial charge on any atom is 0.465 e. The lowest BCUT2D eigenvalue weighted by molar-refractivity contribution is -0.0318. The Balaban J connectivity index is 2.12. The SMILES string of the molecule is CC1CC(C)(C)OB(C(C)c2ccccc2)O1. The predicted molar refractivity (Wildman–Crippen MR) is 70.9 cm³/mol. The smallest absolute Gasteiger partial charge is 0.408 e. The highest BCUT2D eigenvalue weighted by molar-refractivity contribution is 6.46. The summed E-state index contributed by atoms with van der Waals surface area (Å²) in [6, 6.07) is 10.4. The molecular formula is C14H21BO2. The first-order valence-corrected chi connectivity index (χ1v) is 6.36. The van der Waals surface area contributed by atoms with Crippen molar-refractivity contribution in [3.05, 3.63) is 35.9 Å². The van der Waals surface area contributed by atoms with Crippen molar-refractivity contribution in [1.82, 2.24) is 0 Å². The van der Waals surface area contributed by atoms with Gasteiger partial charge in [0.2, 0.25) is 0 Å². The standard InChI is InChI=1S/C14H21BO2/c1-11-10-14(3,4)17-15(16-11)12(2)13-8-6-5-7-9-13/h5-9,11-12H,10H2,1-4H3. The first-order chi connectivity index (χ1) is 7.98. The molecule has 0 bridgehead atoms. The highest BCUT2D eigenvalue weighted by Crippen LogP contribution is 2.31. The maximum atomic E-state index is 6.04. The molecule has 2 unspecified atom stereocenters. The molecular weight excluding hydrogens is 211 g/mol. The molecule has 0 aliphatic carbocycles. The summed E-state index contributed by atoms with van der Waals surface area (Å²) in [4.78, 5) is 0. The van der Waals surface area contributed by atoms with Gasteiger partial charge in [-0.3, -0.25) is 0 Å². The zero-order chi connectivity index (χ0) is 12.5. The number of benzene rings is 1. The summed E-state index contributed by atoms with van der Waals surface area (Å²) in [7, 11) is -0.142. The van der Waals surface area contributed by atoms with Crippen LogP contribution in [0.5, 0.6) is 0 Å². The molecule has 1 aliphatic rings. The van der Waals surface area contributed by atoms with Crippen molar-refractivity contribution in [2.75, 3.05) is 0 Å². The molecule has 1 aromatic rings. The summed E-state index contributed by atoms with van der Waals surface area (Å²) in [6.07, 6.45) is 1.21. The van der Waals surface area contributed by atoms with Gasteiger partial charge in [0.05, 0.1) is 5.60 Å². The average molecular weight is 232 g/mol. The first kappa shape index (κ1) is 12.7. The van der Waals surface area contributed by atoms with E-state index in [9.17, 15) is 0 Å². The number of hydrogen-bond acceptors (Lipinski definition) is 2. The number of rotatable bonds is 2. The zero-order valence-corrected chi connectivity index (χ0v) is 11.1. The van der Waals surface area contributed by atoms with Gasteiger partial charge in [-0.1, -0.05) is 37.3 Å². The van der Waals surface area contributed by atoms with E-state index in [4.69, 9.17) is 9.31 Å². The largest absolute Gasteiger partial charge is 0.465 e. The molecule has 1 fully saturated rings. The molecule has 0 spiro atoms. The van der Waals surface area contributed by atoms with Crippen LogP contribution in [0.25, 0.3) is 0 Å². The summed E-state index contributed by atoms with van der Waals surface area (Å²) < 4.78 is 12.0. The second-order valence-electron chi connectivity index (χ2n) is 5.60. The van der Waals surface area contributed by atoms with E-state index >= 15 is 0 Å². The van der Waals surface area contributed by atoms with E-state index in [0.29, 0.717) is 0 Å². The summed E-state index contributed by atoms with van der Waals surface area (Å²) >= 11 is 0. The van der Waals surface area contributed by atoms with Gasteiger partial charge in [-0.2, -0.15) is 0 Å². The van der Waals surface area contributed by atoms with Gasteiger partial charge in [0, 0.05) is 11.9 Å². The van der Waals surface area contributed by atoms with Crippen molar-refractivity contribution in [3.63, 3.8) is 0 Å². The fraction of sp³-hybridized carbons (Fsp3) is 0.571. The molecule has 2 nitrogen and oxygen atoms in total. The summed E-state index contributed by atoms with van der Waals surface area (Å²) in [5, 5.41) is 0. The highest BCUT2D eigenvalue weighted by Gasteiger charge is 2.40. The summed E-state index contributed by atoms with van der Waals surface area (Å²) in [6.45, 7) is 8.55. The van der Waals surface area contributed by atoms with E-state index in [1.165, 1.54) is 5.56 Å². The molecule has 3 heteroatoms. The molecule has 1 heterocycles. The number of hydrogen-bond donors (Lipinski definition) is 0. The van der Waals surface area contributed by atoms with Crippen LogP contribution in [0.1, 0.15) is 45.5 Å². The maximum absolute atomic E-state index is 6.04. The van der Waals surface area contributed by atoms with Crippen molar-refractivity contribution in [1.29, 1.82) is 0 Å². The summed E-state index contributed by atoms with van der Waals surface area (Å²) in [5.74, 6) is 0.262. The Kier molecular flexibility index (Phi) is 3.60. The topological polar surface area (TPSA) is 18.5 Å².